The van der Waals surface area contributed by atoms with Gasteiger partial charge in [0.25, 0.3) is 0 Å². The maximum Gasteiger partial charge on any atom is 0.310 e. The van der Waals surface area contributed by atoms with Crippen molar-refractivity contribution in [2.75, 3.05) is 26.7 Å². The highest BCUT2D eigenvalue weighted by Gasteiger charge is 2.33. The van der Waals surface area contributed by atoms with Crippen LogP contribution < -0.4 is 5.32 Å². The van der Waals surface area contributed by atoms with Gasteiger partial charge in [0, 0.05) is 44.1 Å². The number of carbonyl (C=O) groups excluding carboxylic acids is 2. The van der Waals surface area contributed by atoms with Crippen LogP contribution in [0.25, 0.3) is 0 Å². The van der Waals surface area contributed by atoms with Gasteiger partial charge < -0.3 is 19.5 Å². The summed E-state index contributed by atoms with van der Waals surface area (Å²) in [5.74, 6) is -0.610. The van der Waals surface area contributed by atoms with E-state index in [1.54, 1.807) is 24.7 Å². The number of imidazole rings is 1. The molecule has 2 aromatic carbocycles. The molecule has 4 rings (SSSR count). The zero-order valence-electron chi connectivity index (χ0n) is 20.5. The zero-order chi connectivity index (χ0) is 25.3. The molecule has 1 aliphatic heterocycles. The topological polar surface area (TPSA) is 100 Å². The minimum atomic E-state index is -0.272. The number of hydrogen-bond donors (Lipinski definition) is 1. The van der Waals surface area contributed by atoms with Crippen molar-refractivity contribution < 1.29 is 14.3 Å². The second kappa shape index (κ2) is 12.1. The third-order valence-corrected chi connectivity index (χ3v) is 6.56. The summed E-state index contributed by atoms with van der Waals surface area (Å²) in [7, 11) is 1.41. The lowest BCUT2D eigenvalue weighted by Gasteiger charge is -2.37. The van der Waals surface area contributed by atoms with E-state index in [2.05, 4.69) is 33.4 Å². The number of ether oxygens (including phenoxy) is 1. The van der Waals surface area contributed by atoms with E-state index in [-0.39, 0.29) is 30.3 Å². The minimum Gasteiger partial charge on any atom is -0.469 e. The number of amides is 1. The van der Waals surface area contributed by atoms with E-state index in [0.29, 0.717) is 31.6 Å². The number of likely N-dealkylation sites (tertiary alicyclic amines) is 1. The summed E-state index contributed by atoms with van der Waals surface area (Å²) in [6.07, 6.45) is 5.04. The number of rotatable bonds is 9. The van der Waals surface area contributed by atoms with E-state index in [0.717, 1.165) is 24.2 Å². The Bertz CT molecular complexity index is 1200. The van der Waals surface area contributed by atoms with Crippen molar-refractivity contribution in [2.45, 2.75) is 31.8 Å². The molecule has 0 spiro atoms. The SMILES string of the molecule is COC(=O)[C@H]1C[C@@H](NC(=O)Cc2cncn2Cc2ccc(C#N)cc2)CN(CCc2ccccc2)C1. The molecule has 1 amide bonds. The number of methoxy groups -OCH3 is 1. The third kappa shape index (κ3) is 6.80. The summed E-state index contributed by atoms with van der Waals surface area (Å²) in [6, 6.07) is 19.6. The number of benzene rings is 2. The summed E-state index contributed by atoms with van der Waals surface area (Å²) in [6.45, 7) is 2.69. The molecule has 1 aliphatic rings. The van der Waals surface area contributed by atoms with Gasteiger partial charge in [0.05, 0.1) is 37.4 Å². The summed E-state index contributed by atoms with van der Waals surface area (Å²) in [5.41, 5.74) is 3.68. The molecule has 1 fully saturated rings. The first-order valence-electron chi connectivity index (χ1n) is 12.2. The van der Waals surface area contributed by atoms with Crippen LogP contribution in [0.15, 0.2) is 67.1 Å². The molecule has 1 saturated heterocycles. The maximum atomic E-state index is 13.0. The van der Waals surface area contributed by atoms with Gasteiger partial charge in [-0.05, 0) is 36.1 Å². The fourth-order valence-electron chi connectivity index (χ4n) is 4.71. The number of hydrogen-bond acceptors (Lipinski definition) is 6. The lowest BCUT2D eigenvalue weighted by atomic mass is 9.93. The first-order valence-corrected chi connectivity index (χ1v) is 12.2. The van der Waals surface area contributed by atoms with Crippen LogP contribution in [-0.4, -0.2) is 59.1 Å². The number of aromatic nitrogens is 2. The van der Waals surface area contributed by atoms with Crippen LogP contribution in [0.1, 0.15) is 28.8 Å². The van der Waals surface area contributed by atoms with Crippen molar-refractivity contribution in [1.82, 2.24) is 19.8 Å². The van der Waals surface area contributed by atoms with Crippen LogP contribution >= 0.6 is 0 Å². The molecule has 0 saturated carbocycles. The van der Waals surface area contributed by atoms with Crippen LogP contribution in [0.2, 0.25) is 0 Å². The summed E-state index contributed by atoms with van der Waals surface area (Å²) < 4.78 is 6.95. The van der Waals surface area contributed by atoms with E-state index >= 15 is 0 Å². The number of carbonyl (C=O) groups is 2. The van der Waals surface area contributed by atoms with Crippen molar-refractivity contribution in [3.05, 3.63) is 89.5 Å². The third-order valence-electron chi connectivity index (χ3n) is 6.56. The van der Waals surface area contributed by atoms with Gasteiger partial charge in [-0.2, -0.15) is 5.26 Å². The van der Waals surface area contributed by atoms with Gasteiger partial charge >= 0.3 is 5.97 Å². The predicted octanol–water partition coefficient (Wildman–Crippen LogP) is 2.57. The van der Waals surface area contributed by atoms with Crippen molar-refractivity contribution in [3.63, 3.8) is 0 Å². The Morgan fingerprint density at radius 3 is 2.61 bits per heavy atom. The van der Waals surface area contributed by atoms with Crippen LogP contribution in [0, 0.1) is 17.2 Å². The van der Waals surface area contributed by atoms with E-state index in [1.807, 2.05) is 34.9 Å². The number of piperidine rings is 1. The maximum absolute atomic E-state index is 13.0. The first-order chi connectivity index (χ1) is 17.5. The number of nitrogens with zero attached hydrogens (tertiary/aromatic N) is 4. The fourth-order valence-corrected chi connectivity index (χ4v) is 4.71. The molecule has 0 bridgehead atoms. The van der Waals surface area contributed by atoms with Crippen LogP contribution in [0.4, 0.5) is 0 Å². The smallest absolute Gasteiger partial charge is 0.310 e. The largest absolute Gasteiger partial charge is 0.469 e. The second-order valence-corrected chi connectivity index (χ2v) is 9.21. The Kier molecular flexibility index (Phi) is 8.48. The lowest BCUT2D eigenvalue weighted by molar-refractivity contribution is -0.148. The molecule has 1 N–H and O–H groups in total. The van der Waals surface area contributed by atoms with Crippen LogP contribution in [0.3, 0.4) is 0 Å². The second-order valence-electron chi connectivity index (χ2n) is 9.21. The monoisotopic (exact) mass is 485 g/mol. The summed E-state index contributed by atoms with van der Waals surface area (Å²) in [4.78, 5) is 31.8. The molecule has 2 heterocycles. The molecule has 186 valence electrons. The average Bonchev–Trinajstić information content (AvgIpc) is 3.33. The molecule has 2 atom stereocenters. The minimum absolute atomic E-state index is 0.102. The van der Waals surface area contributed by atoms with Gasteiger partial charge in [-0.25, -0.2) is 4.98 Å². The highest BCUT2D eigenvalue weighted by atomic mass is 16.5. The summed E-state index contributed by atoms with van der Waals surface area (Å²) >= 11 is 0. The quantitative estimate of drug-likeness (QED) is 0.468. The van der Waals surface area contributed by atoms with Crippen LogP contribution in [0.5, 0.6) is 0 Å². The lowest BCUT2D eigenvalue weighted by Crippen LogP contribution is -2.53. The molecule has 36 heavy (non-hydrogen) atoms. The van der Waals surface area contributed by atoms with Gasteiger partial charge in [0.15, 0.2) is 0 Å². The Hall–Kier alpha value is -3.96. The molecule has 8 heteroatoms. The van der Waals surface area contributed by atoms with E-state index in [4.69, 9.17) is 10.00 Å². The Morgan fingerprint density at radius 2 is 1.89 bits per heavy atom. The molecular formula is C28H31N5O3. The van der Waals surface area contributed by atoms with Gasteiger partial charge in [-0.15, -0.1) is 0 Å². The first kappa shape index (κ1) is 25.1. The number of nitriles is 1. The van der Waals surface area contributed by atoms with Crippen molar-refractivity contribution in [1.29, 1.82) is 5.26 Å². The summed E-state index contributed by atoms with van der Waals surface area (Å²) in [5, 5.41) is 12.1. The molecule has 0 aliphatic carbocycles. The normalized spacial score (nSPS) is 17.8. The van der Waals surface area contributed by atoms with Gasteiger partial charge in [-0.3, -0.25) is 9.59 Å². The number of nitrogens with one attached hydrogen (secondary N) is 1. The van der Waals surface area contributed by atoms with E-state index in [1.165, 1.54) is 12.7 Å². The zero-order valence-corrected chi connectivity index (χ0v) is 20.5. The van der Waals surface area contributed by atoms with E-state index < -0.39 is 0 Å². The molecular weight excluding hydrogens is 454 g/mol. The fraction of sp³-hybridized carbons (Fsp3) is 0.357. The van der Waals surface area contributed by atoms with Gasteiger partial charge in [0.2, 0.25) is 5.91 Å². The standard InChI is InChI=1S/C28H31N5O3/c1-36-28(35)24-13-25(19-32(18-24)12-11-21-5-3-2-4-6-21)31-27(34)14-26-16-30-20-33(26)17-23-9-7-22(15-29)8-10-23/h2-10,16,20,24-25H,11-14,17-19H2,1H3,(H,31,34)/t24-,25+/m0/s1. The molecule has 1 aromatic heterocycles. The Balaban J connectivity index is 1.36. The molecule has 3 aromatic rings. The highest BCUT2D eigenvalue weighted by Crippen LogP contribution is 2.19. The van der Waals surface area contributed by atoms with Crippen molar-refractivity contribution in [2.24, 2.45) is 5.92 Å². The Morgan fingerprint density at radius 1 is 1.11 bits per heavy atom. The van der Waals surface area contributed by atoms with Crippen molar-refractivity contribution >= 4 is 11.9 Å². The molecule has 0 radical (unpaired) electrons. The van der Waals surface area contributed by atoms with Gasteiger partial charge in [-0.1, -0.05) is 42.5 Å². The highest BCUT2D eigenvalue weighted by molar-refractivity contribution is 5.79. The Labute approximate surface area is 211 Å². The molecule has 8 nitrogen and oxygen atoms in total. The molecule has 0 unspecified atom stereocenters. The van der Waals surface area contributed by atoms with Crippen molar-refractivity contribution in [3.8, 4) is 6.07 Å². The van der Waals surface area contributed by atoms with Gasteiger partial charge in [0.1, 0.15) is 0 Å². The predicted molar refractivity (Wildman–Crippen MR) is 135 cm³/mol. The van der Waals surface area contributed by atoms with Crippen LogP contribution in [-0.2, 0) is 33.7 Å². The van der Waals surface area contributed by atoms with E-state index in [9.17, 15) is 9.59 Å². The number of esters is 1. The average molecular weight is 486 g/mol.